The maximum absolute atomic E-state index is 12.4. The van der Waals surface area contributed by atoms with Gasteiger partial charge in [0.2, 0.25) is 10.0 Å². The van der Waals surface area contributed by atoms with E-state index in [4.69, 9.17) is 11.6 Å². The zero-order chi connectivity index (χ0) is 17.2. The number of sulfonamides is 1. The quantitative estimate of drug-likeness (QED) is 0.658. The topological polar surface area (TPSA) is 89.3 Å². The summed E-state index contributed by atoms with van der Waals surface area (Å²) in [5.74, 6) is 0. The van der Waals surface area contributed by atoms with Crippen molar-refractivity contribution < 1.29 is 13.3 Å². The fourth-order valence-electron chi connectivity index (χ4n) is 2.05. The van der Waals surface area contributed by atoms with Gasteiger partial charge in [-0.05, 0) is 31.0 Å². The maximum Gasteiger partial charge on any atom is 0.275 e. The number of rotatable bonds is 5. The molecule has 0 saturated carbocycles. The van der Waals surface area contributed by atoms with Crippen molar-refractivity contribution in [3.05, 3.63) is 68.2 Å². The molecule has 0 atom stereocenters. The van der Waals surface area contributed by atoms with Crippen LogP contribution in [0.1, 0.15) is 16.7 Å². The molecule has 0 aliphatic heterocycles. The highest BCUT2D eigenvalue weighted by atomic mass is 35.5. The lowest BCUT2D eigenvalue weighted by Crippen LogP contribution is -2.23. The molecule has 0 bridgehead atoms. The third kappa shape index (κ3) is 3.87. The first-order valence-electron chi connectivity index (χ1n) is 6.71. The molecule has 2 rings (SSSR count). The molecule has 0 fully saturated rings. The van der Waals surface area contributed by atoms with Crippen molar-refractivity contribution >= 4 is 27.3 Å². The number of benzene rings is 2. The average Bonchev–Trinajstić information content (AvgIpc) is 2.48. The Morgan fingerprint density at radius 1 is 1.22 bits per heavy atom. The minimum absolute atomic E-state index is 0.0375. The second-order valence-corrected chi connectivity index (χ2v) is 7.23. The third-order valence-corrected chi connectivity index (χ3v) is 5.28. The van der Waals surface area contributed by atoms with Crippen molar-refractivity contribution in [2.24, 2.45) is 0 Å². The highest BCUT2D eigenvalue weighted by Crippen LogP contribution is 2.29. The van der Waals surface area contributed by atoms with Gasteiger partial charge in [-0.25, -0.2) is 13.1 Å². The molecular weight excluding hydrogens is 340 g/mol. The van der Waals surface area contributed by atoms with E-state index in [9.17, 15) is 18.5 Å². The first kappa shape index (κ1) is 17.4. The standard InChI is InChI=1S/C15H15ClN2O4S/c1-10-5-3-4-6-12(10)9-17-23(21,22)13-7-14(16)11(2)15(8-13)18(19)20/h3-8,17H,9H2,1-2H3. The van der Waals surface area contributed by atoms with Crippen molar-refractivity contribution in [3.8, 4) is 0 Å². The van der Waals surface area contributed by atoms with Gasteiger partial charge in [-0.1, -0.05) is 35.9 Å². The molecule has 0 aromatic heterocycles. The highest BCUT2D eigenvalue weighted by molar-refractivity contribution is 7.89. The lowest BCUT2D eigenvalue weighted by molar-refractivity contribution is -0.385. The van der Waals surface area contributed by atoms with Gasteiger partial charge in [0.1, 0.15) is 0 Å². The molecule has 0 amide bonds. The Kier molecular flexibility index (Phi) is 5.03. The van der Waals surface area contributed by atoms with Crippen molar-refractivity contribution in [2.45, 2.75) is 25.3 Å². The number of nitro benzene ring substituents is 1. The number of hydrogen-bond donors (Lipinski definition) is 1. The number of nitrogens with zero attached hydrogens (tertiary/aromatic N) is 1. The molecule has 23 heavy (non-hydrogen) atoms. The third-order valence-electron chi connectivity index (χ3n) is 3.51. The number of hydrogen-bond acceptors (Lipinski definition) is 4. The second-order valence-electron chi connectivity index (χ2n) is 5.06. The summed E-state index contributed by atoms with van der Waals surface area (Å²) >= 11 is 5.91. The van der Waals surface area contributed by atoms with E-state index in [0.717, 1.165) is 17.2 Å². The van der Waals surface area contributed by atoms with Crippen LogP contribution in [0.2, 0.25) is 5.02 Å². The van der Waals surface area contributed by atoms with Crippen LogP contribution in [0, 0.1) is 24.0 Å². The molecule has 6 nitrogen and oxygen atoms in total. The smallest absolute Gasteiger partial charge is 0.258 e. The van der Waals surface area contributed by atoms with Gasteiger partial charge in [-0.3, -0.25) is 10.1 Å². The van der Waals surface area contributed by atoms with Crippen LogP contribution in [0.25, 0.3) is 0 Å². The summed E-state index contributed by atoms with van der Waals surface area (Å²) in [6, 6.07) is 9.58. The number of aryl methyl sites for hydroxylation is 1. The van der Waals surface area contributed by atoms with Gasteiger partial charge in [0.05, 0.1) is 14.8 Å². The Balaban J connectivity index is 2.33. The van der Waals surface area contributed by atoms with Gasteiger partial charge in [0, 0.05) is 18.2 Å². The number of nitrogens with one attached hydrogen (secondary N) is 1. The van der Waals surface area contributed by atoms with Crippen LogP contribution in [-0.2, 0) is 16.6 Å². The zero-order valence-electron chi connectivity index (χ0n) is 12.5. The summed E-state index contributed by atoms with van der Waals surface area (Å²) in [6.45, 7) is 3.43. The maximum atomic E-state index is 12.4. The molecule has 8 heteroatoms. The van der Waals surface area contributed by atoms with Crippen LogP contribution in [0.5, 0.6) is 0 Å². The fourth-order valence-corrected chi connectivity index (χ4v) is 3.38. The van der Waals surface area contributed by atoms with E-state index >= 15 is 0 Å². The molecule has 122 valence electrons. The van der Waals surface area contributed by atoms with E-state index in [1.54, 1.807) is 0 Å². The Morgan fingerprint density at radius 2 is 1.87 bits per heavy atom. The fraction of sp³-hybridized carbons (Fsp3) is 0.200. The Bertz CT molecular complexity index is 866. The van der Waals surface area contributed by atoms with Gasteiger partial charge in [0.25, 0.3) is 5.69 Å². The van der Waals surface area contributed by atoms with E-state index in [0.29, 0.717) is 0 Å². The molecule has 0 unspecified atom stereocenters. The van der Waals surface area contributed by atoms with Crippen LogP contribution in [0.4, 0.5) is 5.69 Å². The van der Waals surface area contributed by atoms with E-state index in [-0.39, 0.29) is 27.7 Å². The SMILES string of the molecule is Cc1ccccc1CNS(=O)(=O)c1cc(Cl)c(C)c([N+](=O)[O-])c1. The van der Waals surface area contributed by atoms with Gasteiger partial charge in [-0.15, -0.1) is 0 Å². The van der Waals surface area contributed by atoms with E-state index < -0.39 is 14.9 Å². The van der Waals surface area contributed by atoms with E-state index in [1.165, 1.54) is 13.0 Å². The first-order valence-corrected chi connectivity index (χ1v) is 8.57. The zero-order valence-corrected chi connectivity index (χ0v) is 14.1. The van der Waals surface area contributed by atoms with Crippen LogP contribution in [-0.4, -0.2) is 13.3 Å². The molecule has 0 spiro atoms. The van der Waals surface area contributed by atoms with Gasteiger partial charge >= 0.3 is 0 Å². The minimum Gasteiger partial charge on any atom is -0.258 e. The summed E-state index contributed by atoms with van der Waals surface area (Å²) in [5.41, 5.74) is 1.68. The number of halogens is 1. The van der Waals surface area contributed by atoms with Gasteiger partial charge < -0.3 is 0 Å². The van der Waals surface area contributed by atoms with Crippen LogP contribution >= 0.6 is 11.6 Å². The summed E-state index contributed by atoms with van der Waals surface area (Å²) in [6.07, 6.45) is 0. The van der Waals surface area contributed by atoms with Crippen LogP contribution in [0.3, 0.4) is 0 Å². The van der Waals surface area contributed by atoms with Crippen molar-refractivity contribution in [1.82, 2.24) is 4.72 Å². The summed E-state index contributed by atoms with van der Waals surface area (Å²) < 4.78 is 27.2. The van der Waals surface area contributed by atoms with Crippen LogP contribution < -0.4 is 4.72 Å². The van der Waals surface area contributed by atoms with Crippen LogP contribution in [0.15, 0.2) is 41.3 Å². The van der Waals surface area contributed by atoms with Crippen molar-refractivity contribution in [3.63, 3.8) is 0 Å². The molecule has 0 radical (unpaired) electrons. The lowest BCUT2D eigenvalue weighted by atomic mass is 10.1. The second kappa shape index (κ2) is 6.66. The van der Waals surface area contributed by atoms with Gasteiger partial charge in [0.15, 0.2) is 0 Å². The first-order chi connectivity index (χ1) is 10.7. The molecular formula is C15H15ClN2O4S. The van der Waals surface area contributed by atoms with Crippen molar-refractivity contribution in [2.75, 3.05) is 0 Å². The molecule has 2 aromatic carbocycles. The normalized spacial score (nSPS) is 11.4. The summed E-state index contributed by atoms with van der Waals surface area (Å²) in [4.78, 5) is 10.1. The Morgan fingerprint density at radius 3 is 2.48 bits per heavy atom. The lowest BCUT2D eigenvalue weighted by Gasteiger charge is -2.10. The minimum atomic E-state index is -3.91. The molecule has 0 saturated heterocycles. The summed E-state index contributed by atoms with van der Waals surface area (Å²) in [5, 5.41) is 11.0. The largest absolute Gasteiger partial charge is 0.275 e. The molecule has 0 heterocycles. The number of nitro groups is 1. The molecule has 2 aromatic rings. The molecule has 1 N–H and O–H groups in total. The van der Waals surface area contributed by atoms with E-state index in [2.05, 4.69) is 4.72 Å². The monoisotopic (exact) mass is 354 g/mol. The van der Waals surface area contributed by atoms with Crippen molar-refractivity contribution in [1.29, 1.82) is 0 Å². The predicted octanol–water partition coefficient (Wildman–Crippen LogP) is 3.34. The predicted molar refractivity (Wildman–Crippen MR) is 88.0 cm³/mol. The average molecular weight is 355 g/mol. The Labute approximate surface area is 139 Å². The Hall–Kier alpha value is -1.96. The molecule has 0 aliphatic carbocycles. The highest BCUT2D eigenvalue weighted by Gasteiger charge is 2.22. The summed E-state index contributed by atoms with van der Waals surface area (Å²) in [7, 11) is -3.91. The van der Waals surface area contributed by atoms with E-state index in [1.807, 2.05) is 31.2 Å². The molecule has 0 aliphatic rings. The van der Waals surface area contributed by atoms with Gasteiger partial charge in [-0.2, -0.15) is 0 Å².